The molecular weight excluding hydrogens is 310 g/mol. The molecule has 0 radical (unpaired) electrons. The van der Waals surface area contributed by atoms with Crippen LogP contribution in [0.1, 0.15) is 28.9 Å². The molecule has 1 amide bonds. The molecule has 0 saturated carbocycles. The fourth-order valence-electron chi connectivity index (χ4n) is 2.57. The maximum Gasteiger partial charge on any atom is 0.269 e. The van der Waals surface area contributed by atoms with Crippen molar-refractivity contribution in [3.05, 3.63) is 46.4 Å². The number of pyridine rings is 1. The van der Waals surface area contributed by atoms with E-state index in [0.29, 0.717) is 18.2 Å². The van der Waals surface area contributed by atoms with Gasteiger partial charge in [-0.1, -0.05) is 6.92 Å². The molecule has 23 heavy (non-hydrogen) atoms. The number of nitrogens with zero attached hydrogens (tertiary/aromatic N) is 2. The first kappa shape index (κ1) is 16.0. The molecule has 2 aromatic heterocycles. The first-order valence-corrected chi connectivity index (χ1v) is 8.77. The average molecular weight is 331 g/mol. The molecule has 0 aliphatic carbocycles. The van der Waals surface area contributed by atoms with Crippen LogP contribution in [0.2, 0.25) is 0 Å². The van der Waals surface area contributed by atoms with Crippen molar-refractivity contribution in [3.63, 3.8) is 0 Å². The molecule has 122 valence electrons. The Balaban J connectivity index is 1.60. The van der Waals surface area contributed by atoms with Crippen molar-refractivity contribution in [2.45, 2.75) is 12.8 Å². The normalized spacial score (nSPS) is 16.1. The van der Waals surface area contributed by atoms with E-state index in [0.717, 1.165) is 32.0 Å². The third-order valence-corrected chi connectivity index (χ3v) is 4.73. The van der Waals surface area contributed by atoms with Crippen molar-refractivity contribution in [1.82, 2.24) is 10.3 Å². The lowest BCUT2D eigenvalue weighted by Gasteiger charge is -2.28. The van der Waals surface area contributed by atoms with Crippen molar-refractivity contribution in [1.29, 1.82) is 0 Å². The summed E-state index contributed by atoms with van der Waals surface area (Å²) in [7, 11) is 0. The summed E-state index contributed by atoms with van der Waals surface area (Å²) in [6.07, 6.45) is 1.70. The quantitative estimate of drug-likeness (QED) is 0.915. The molecule has 3 heterocycles. The number of carbonyl (C=O) groups excluding carboxylic acids is 1. The molecule has 6 heteroatoms. The molecule has 0 bridgehead atoms. The van der Waals surface area contributed by atoms with Gasteiger partial charge in [0.15, 0.2) is 0 Å². The van der Waals surface area contributed by atoms with E-state index in [1.165, 1.54) is 5.56 Å². The number of aromatic nitrogens is 1. The number of anilines is 1. The van der Waals surface area contributed by atoms with E-state index in [4.69, 9.17) is 4.74 Å². The second kappa shape index (κ2) is 7.57. The number of hydrogen-bond acceptors (Lipinski definition) is 5. The molecule has 0 spiro atoms. The van der Waals surface area contributed by atoms with E-state index in [1.54, 1.807) is 17.5 Å². The van der Waals surface area contributed by atoms with Crippen molar-refractivity contribution >= 4 is 22.9 Å². The van der Waals surface area contributed by atoms with Gasteiger partial charge in [-0.3, -0.25) is 9.78 Å². The Morgan fingerprint density at radius 1 is 1.43 bits per heavy atom. The zero-order chi connectivity index (χ0) is 16.1. The van der Waals surface area contributed by atoms with Gasteiger partial charge < -0.3 is 15.0 Å². The van der Waals surface area contributed by atoms with Crippen LogP contribution in [0.3, 0.4) is 0 Å². The summed E-state index contributed by atoms with van der Waals surface area (Å²) in [5.74, 6) is 0.176. The lowest BCUT2D eigenvalue weighted by Crippen LogP contribution is -2.36. The van der Waals surface area contributed by atoms with Gasteiger partial charge in [0.1, 0.15) is 5.69 Å². The van der Waals surface area contributed by atoms with E-state index in [1.807, 2.05) is 12.1 Å². The number of amides is 1. The van der Waals surface area contributed by atoms with Crippen LogP contribution in [0.15, 0.2) is 35.2 Å². The fourth-order valence-corrected chi connectivity index (χ4v) is 3.35. The van der Waals surface area contributed by atoms with E-state index in [-0.39, 0.29) is 5.91 Å². The summed E-state index contributed by atoms with van der Waals surface area (Å²) in [5, 5.41) is 7.15. The minimum Gasteiger partial charge on any atom is -0.378 e. The summed E-state index contributed by atoms with van der Waals surface area (Å²) in [4.78, 5) is 18.8. The molecule has 3 rings (SSSR count). The Labute approximate surface area is 140 Å². The predicted octanol–water partition coefficient (Wildman–Crippen LogP) is 2.51. The third-order valence-electron chi connectivity index (χ3n) is 4.03. The maximum absolute atomic E-state index is 12.3. The molecule has 0 aromatic carbocycles. The predicted molar refractivity (Wildman–Crippen MR) is 92.3 cm³/mol. The molecule has 5 nitrogen and oxygen atoms in total. The molecule has 0 unspecified atom stereocenters. The Bertz CT molecular complexity index is 639. The van der Waals surface area contributed by atoms with Crippen LogP contribution >= 0.6 is 11.3 Å². The van der Waals surface area contributed by atoms with Crippen molar-refractivity contribution in [2.75, 3.05) is 37.7 Å². The van der Waals surface area contributed by atoms with Gasteiger partial charge in [-0.2, -0.15) is 11.3 Å². The Kier molecular flexibility index (Phi) is 5.25. The van der Waals surface area contributed by atoms with Crippen LogP contribution in [-0.4, -0.2) is 43.7 Å². The lowest BCUT2D eigenvalue weighted by molar-refractivity contribution is 0.0946. The fraction of sp³-hybridized carbons (Fsp3) is 0.412. The van der Waals surface area contributed by atoms with E-state index in [2.05, 4.69) is 39.0 Å². The minimum absolute atomic E-state index is 0.123. The van der Waals surface area contributed by atoms with Gasteiger partial charge in [-0.15, -0.1) is 0 Å². The van der Waals surface area contributed by atoms with Crippen LogP contribution in [0.25, 0.3) is 0 Å². The van der Waals surface area contributed by atoms with Gasteiger partial charge in [0.25, 0.3) is 5.91 Å². The van der Waals surface area contributed by atoms with Crippen molar-refractivity contribution in [3.8, 4) is 0 Å². The van der Waals surface area contributed by atoms with Gasteiger partial charge in [0.2, 0.25) is 0 Å². The molecular formula is C17H21N3O2S. The van der Waals surface area contributed by atoms with Crippen molar-refractivity contribution < 1.29 is 9.53 Å². The van der Waals surface area contributed by atoms with Gasteiger partial charge in [-0.05, 0) is 40.4 Å². The average Bonchev–Trinajstić information content (AvgIpc) is 3.15. The number of thiophene rings is 1. The van der Waals surface area contributed by atoms with Gasteiger partial charge in [0.05, 0.1) is 13.2 Å². The number of carbonyl (C=O) groups is 1. The Morgan fingerprint density at radius 3 is 3.00 bits per heavy atom. The van der Waals surface area contributed by atoms with Crippen LogP contribution < -0.4 is 10.2 Å². The third kappa shape index (κ3) is 4.09. The van der Waals surface area contributed by atoms with Crippen LogP contribution in [0.5, 0.6) is 0 Å². The second-order valence-corrected chi connectivity index (χ2v) is 6.45. The Hall–Kier alpha value is -1.92. The lowest BCUT2D eigenvalue weighted by atomic mass is 10.1. The topological polar surface area (TPSA) is 54.5 Å². The summed E-state index contributed by atoms with van der Waals surface area (Å²) >= 11 is 1.68. The number of morpholine rings is 1. The highest BCUT2D eigenvalue weighted by Crippen LogP contribution is 2.18. The standard InChI is InChI=1S/C17H21N3O2S/c1-13(14-3-9-23-12-14)11-19-17(21)16-10-15(2-4-18-16)20-5-7-22-8-6-20/h2-4,9-10,12-13H,5-8,11H2,1H3,(H,19,21)/t13-/m0/s1. The number of nitrogens with one attached hydrogen (secondary N) is 1. The summed E-state index contributed by atoms with van der Waals surface area (Å²) in [5.41, 5.74) is 2.75. The summed E-state index contributed by atoms with van der Waals surface area (Å²) in [6.45, 7) is 5.86. The molecule has 1 atom stereocenters. The largest absolute Gasteiger partial charge is 0.378 e. The van der Waals surface area contributed by atoms with Crippen LogP contribution in [-0.2, 0) is 4.74 Å². The van der Waals surface area contributed by atoms with Crippen LogP contribution in [0.4, 0.5) is 5.69 Å². The Morgan fingerprint density at radius 2 is 2.26 bits per heavy atom. The second-order valence-electron chi connectivity index (χ2n) is 5.67. The zero-order valence-corrected chi connectivity index (χ0v) is 14.0. The number of hydrogen-bond donors (Lipinski definition) is 1. The highest BCUT2D eigenvalue weighted by Gasteiger charge is 2.15. The molecule has 1 saturated heterocycles. The number of rotatable bonds is 5. The molecule has 1 aliphatic rings. The SMILES string of the molecule is C[C@@H](CNC(=O)c1cc(N2CCOCC2)ccn1)c1ccsc1. The molecule has 2 aromatic rings. The number of ether oxygens (including phenoxy) is 1. The smallest absolute Gasteiger partial charge is 0.269 e. The monoisotopic (exact) mass is 331 g/mol. The van der Waals surface area contributed by atoms with E-state index in [9.17, 15) is 4.79 Å². The van der Waals surface area contributed by atoms with Gasteiger partial charge in [-0.25, -0.2) is 0 Å². The van der Waals surface area contributed by atoms with E-state index < -0.39 is 0 Å². The highest BCUT2D eigenvalue weighted by molar-refractivity contribution is 7.07. The van der Waals surface area contributed by atoms with E-state index >= 15 is 0 Å². The van der Waals surface area contributed by atoms with Crippen LogP contribution in [0, 0.1) is 0 Å². The molecule has 1 fully saturated rings. The molecule has 1 N–H and O–H groups in total. The first-order chi connectivity index (χ1) is 11.2. The zero-order valence-electron chi connectivity index (χ0n) is 13.2. The van der Waals surface area contributed by atoms with Crippen molar-refractivity contribution in [2.24, 2.45) is 0 Å². The van der Waals surface area contributed by atoms with Gasteiger partial charge in [0, 0.05) is 31.5 Å². The first-order valence-electron chi connectivity index (χ1n) is 7.83. The highest BCUT2D eigenvalue weighted by atomic mass is 32.1. The maximum atomic E-state index is 12.3. The summed E-state index contributed by atoms with van der Waals surface area (Å²) in [6, 6.07) is 5.89. The minimum atomic E-state index is -0.123. The summed E-state index contributed by atoms with van der Waals surface area (Å²) < 4.78 is 5.36. The van der Waals surface area contributed by atoms with Gasteiger partial charge >= 0.3 is 0 Å². The molecule has 1 aliphatic heterocycles.